The van der Waals surface area contributed by atoms with Crippen LogP contribution in [0.1, 0.15) is 12.0 Å². The molecule has 0 bridgehead atoms. The molecule has 29 heavy (non-hydrogen) atoms. The van der Waals surface area contributed by atoms with Crippen molar-refractivity contribution in [2.45, 2.75) is 16.6 Å². The van der Waals surface area contributed by atoms with Crippen molar-refractivity contribution in [3.05, 3.63) is 83.4 Å². The third-order valence-electron chi connectivity index (χ3n) is 4.56. The van der Waals surface area contributed by atoms with Crippen LogP contribution in [0.4, 0.5) is 11.4 Å². The van der Waals surface area contributed by atoms with Gasteiger partial charge in [-0.1, -0.05) is 23.7 Å². The number of methoxy groups -OCH3 is 1. The van der Waals surface area contributed by atoms with E-state index in [1.54, 1.807) is 43.1 Å². The van der Waals surface area contributed by atoms with Gasteiger partial charge in [0.15, 0.2) is 0 Å². The van der Waals surface area contributed by atoms with Crippen LogP contribution in [0, 0.1) is 0 Å². The van der Waals surface area contributed by atoms with Gasteiger partial charge < -0.3 is 10.1 Å². The maximum atomic E-state index is 12.7. The summed E-state index contributed by atoms with van der Waals surface area (Å²) in [6, 6.07) is 22.9. The molecule has 1 atom stereocenters. The highest BCUT2D eigenvalue weighted by Crippen LogP contribution is 2.40. The normalized spacial score (nSPS) is 15.2. The van der Waals surface area contributed by atoms with Crippen LogP contribution in [0.5, 0.6) is 5.75 Å². The average molecular weight is 423 g/mol. The van der Waals surface area contributed by atoms with Gasteiger partial charge in [0.1, 0.15) is 5.75 Å². The maximum Gasteiger partial charge on any atom is 0.225 e. The van der Waals surface area contributed by atoms with Gasteiger partial charge in [0, 0.05) is 22.0 Å². The van der Waals surface area contributed by atoms with Gasteiger partial charge in [-0.2, -0.15) is 0 Å². The zero-order valence-corrected chi connectivity index (χ0v) is 17.3. The first kappa shape index (κ1) is 19.6. The second kappa shape index (κ2) is 8.72. The summed E-state index contributed by atoms with van der Waals surface area (Å²) in [7, 11) is 1.64. The van der Waals surface area contributed by atoms with Crippen LogP contribution in [-0.2, 0) is 4.79 Å². The molecule has 0 saturated carbocycles. The molecule has 3 aromatic carbocycles. The summed E-state index contributed by atoms with van der Waals surface area (Å²) < 4.78 is 5.26. The van der Waals surface area contributed by atoms with Crippen molar-refractivity contribution in [2.24, 2.45) is 4.99 Å². The number of aliphatic imine (C=N–C) groups is 1. The minimum atomic E-state index is -0.0920. The number of carbonyl (C=O) groups is 1. The van der Waals surface area contributed by atoms with Gasteiger partial charge in [-0.15, -0.1) is 11.8 Å². The summed E-state index contributed by atoms with van der Waals surface area (Å²) in [5.74, 6) is 0.723. The van der Waals surface area contributed by atoms with Gasteiger partial charge in [-0.25, -0.2) is 0 Å². The largest absolute Gasteiger partial charge is 0.497 e. The summed E-state index contributed by atoms with van der Waals surface area (Å²) in [5.41, 5.74) is 3.53. The topological polar surface area (TPSA) is 50.7 Å². The second-order valence-electron chi connectivity index (χ2n) is 6.56. The molecular formula is C23H19ClN2O2S. The number of fused-ring (bicyclic) bond motifs is 1. The first-order valence-electron chi connectivity index (χ1n) is 9.16. The van der Waals surface area contributed by atoms with E-state index in [9.17, 15) is 4.79 Å². The van der Waals surface area contributed by atoms with E-state index >= 15 is 0 Å². The molecule has 4 nitrogen and oxygen atoms in total. The fourth-order valence-corrected chi connectivity index (χ4v) is 4.48. The van der Waals surface area contributed by atoms with Gasteiger partial charge in [-0.05, 0) is 66.2 Å². The molecule has 3 aromatic rings. The molecular weight excluding hydrogens is 404 g/mol. The Labute approximate surface area is 179 Å². The van der Waals surface area contributed by atoms with Gasteiger partial charge in [-0.3, -0.25) is 9.79 Å². The number of hydrogen-bond donors (Lipinski definition) is 1. The van der Waals surface area contributed by atoms with Crippen molar-refractivity contribution in [2.75, 3.05) is 12.4 Å². The van der Waals surface area contributed by atoms with Gasteiger partial charge in [0.25, 0.3) is 0 Å². The van der Waals surface area contributed by atoms with Crippen molar-refractivity contribution >= 4 is 46.4 Å². The van der Waals surface area contributed by atoms with Crippen LogP contribution in [0.25, 0.3) is 0 Å². The number of para-hydroxylation sites is 1. The number of amides is 1. The Morgan fingerprint density at radius 2 is 1.79 bits per heavy atom. The average Bonchev–Trinajstić information content (AvgIpc) is 2.75. The van der Waals surface area contributed by atoms with Crippen molar-refractivity contribution in [1.29, 1.82) is 0 Å². The molecule has 1 amide bonds. The summed E-state index contributed by atoms with van der Waals surface area (Å²) >= 11 is 7.59. The van der Waals surface area contributed by atoms with Crippen molar-refractivity contribution in [3.63, 3.8) is 0 Å². The molecule has 1 N–H and O–H groups in total. The first-order chi connectivity index (χ1) is 14.1. The Morgan fingerprint density at radius 1 is 1.07 bits per heavy atom. The zero-order valence-electron chi connectivity index (χ0n) is 15.8. The minimum Gasteiger partial charge on any atom is -0.497 e. The quantitative estimate of drug-likeness (QED) is 0.550. The molecule has 0 unspecified atom stereocenters. The number of rotatable bonds is 5. The number of nitrogens with one attached hydrogen (secondary N) is 1. The lowest BCUT2D eigenvalue weighted by Crippen LogP contribution is -2.27. The van der Waals surface area contributed by atoms with E-state index in [4.69, 9.17) is 21.3 Å². The zero-order chi connectivity index (χ0) is 20.2. The Hall–Kier alpha value is -2.76. The molecule has 0 aromatic heterocycles. The van der Waals surface area contributed by atoms with Crippen LogP contribution < -0.4 is 10.1 Å². The Kier molecular flexibility index (Phi) is 5.88. The molecule has 0 saturated heterocycles. The van der Waals surface area contributed by atoms with E-state index in [1.807, 2.05) is 48.5 Å². The van der Waals surface area contributed by atoms with E-state index in [0.29, 0.717) is 11.4 Å². The molecule has 6 heteroatoms. The fourth-order valence-electron chi connectivity index (χ4n) is 3.12. The summed E-state index contributed by atoms with van der Waals surface area (Å²) in [5, 5.41) is 3.49. The lowest BCUT2D eigenvalue weighted by Gasteiger charge is -2.24. The molecule has 146 valence electrons. The van der Waals surface area contributed by atoms with E-state index in [2.05, 4.69) is 5.32 Å². The summed E-state index contributed by atoms with van der Waals surface area (Å²) in [4.78, 5) is 18.7. The van der Waals surface area contributed by atoms with Crippen LogP contribution in [-0.4, -0.2) is 24.0 Å². The number of benzene rings is 3. The smallest absolute Gasteiger partial charge is 0.225 e. The number of carbonyl (C=O) groups excluding carboxylic acids is 1. The molecule has 0 aliphatic carbocycles. The fraction of sp³-hybridized carbons (Fsp3) is 0.130. The molecule has 0 fully saturated rings. The van der Waals surface area contributed by atoms with Crippen molar-refractivity contribution < 1.29 is 9.53 Å². The molecule has 0 radical (unpaired) electrons. The highest BCUT2D eigenvalue weighted by Gasteiger charge is 2.27. The highest BCUT2D eigenvalue weighted by molar-refractivity contribution is 8.01. The van der Waals surface area contributed by atoms with E-state index in [0.717, 1.165) is 33.3 Å². The third-order valence-corrected chi connectivity index (χ3v) is 6.09. The van der Waals surface area contributed by atoms with Crippen LogP contribution in [0.2, 0.25) is 5.02 Å². The standard InChI is InChI=1S/C23H19ClN2O2S/c1-28-18-12-6-15(7-13-18)23-21(29-20-5-3-2-4-19(20)26-23)14-22(27)25-17-10-8-16(24)9-11-17/h2-13,21H,14H2,1H3,(H,25,27)/t21-/m0/s1. The number of ether oxygens (including phenoxy) is 1. The van der Waals surface area contributed by atoms with E-state index in [1.165, 1.54) is 0 Å². The molecule has 0 spiro atoms. The first-order valence-corrected chi connectivity index (χ1v) is 10.4. The maximum absolute atomic E-state index is 12.7. The van der Waals surface area contributed by atoms with E-state index < -0.39 is 0 Å². The van der Waals surface area contributed by atoms with Crippen molar-refractivity contribution in [1.82, 2.24) is 0 Å². The lowest BCUT2D eigenvalue weighted by molar-refractivity contribution is -0.116. The molecule has 4 rings (SSSR count). The van der Waals surface area contributed by atoms with Crippen LogP contribution in [0.3, 0.4) is 0 Å². The van der Waals surface area contributed by atoms with E-state index in [-0.39, 0.29) is 11.2 Å². The molecule has 1 heterocycles. The summed E-state index contributed by atoms with van der Waals surface area (Å²) in [6.07, 6.45) is 0.312. The predicted octanol–water partition coefficient (Wildman–Crippen LogP) is 5.97. The van der Waals surface area contributed by atoms with Gasteiger partial charge in [0.05, 0.1) is 23.8 Å². The SMILES string of the molecule is COc1ccc(C2=Nc3ccccc3S[C@H]2CC(=O)Nc2ccc(Cl)cc2)cc1. The summed E-state index contributed by atoms with van der Waals surface area (Å²) in [6.45, 7) is 0. The third kappa shape index (κ3) is 4.63. The number of thioether (sulfide) groups is 1. The minimum absolute atomic E-state index is 0.0644. The van der Waals surface area contributed by atoms with Gasteiger partial charge >= 0.3 is 0 Å². The highest BCUT2D eigenvalue weighted by atomic mass is 35.5. The lowest BCUT2D eigenvalue weighted by atomic mass is 10.0. The monoisotopic (exact) mass is 422 g/mol. The molecule has 1 aliphatic rings. The Morgan fingerprint density at radius 3 is 2.52 bits per heavy atom. The molecule has 1 aliphatic heterocycles. The number of nitrogens with zero attached hydrogens (tertiary/aromatic N) is 1. The Bertz CT molecular complexity index is 1050. The van der Waals surface area contributed by atoms with Gasteiger partial charge in [0.2, 0.25) is 5.91 Å². The van der Waals surface area contributed by atoms with Crippen molar-refractivity contribution in [3.8, 4) is 5.75 Å². The van der Waals surface area contributed by atoms with Crippen LogP contribution in [0.15, 0.2) is 82.7 Å². The number of halogens is 1. The second-order valence-corrected chi connectivity index (χ2v) is 8.24. The number of anilines is 1. The number of hydrogen-bond acceptors (Lipinski definition) is 4. The Balaban J connectivity index is 1.59. The predicted molar refractivity (Wildman–Crippen MR) is 120 cm³/mol. The van der Waals surface area contributed by atoms with Crippen LogP contribution >= 0.6 is 23.4 Å².